The highest BCUT2D eigenvalue weighted by atomic mass is 16.2. The number of carbonyl (C=O) groups is 2. The Kier molecular flexibility index (Phi) is 3.99. The summed E-state index contributed by atoms with van der Waals surface area (Å²) in [6.07, 6.45) is 4.31. The van der Waals surface area contributed by atoms with Gasteiger partial charge in [0.15, 0.2) is 0 Å². The van der Waals surface area contributed by atoms with Crippen LogP contribution in [0.15, 0.2) is 0 Å². The second kappa shape index (κ2) is 5.49. The van der Waals surface area contributed by atoms with Gasteiger partial charge in [0.2, 0.25) is 11.8 Å². The van der Waals surface area contributed by atoms with Crippen LogP contribution < -0.4 is 10.6 Å². The Labute approximate surface area is 102 Å². The average molecular weight is 239 g/mol. The molecule has 5 heteroatoms. The number of hydrogen-bond donors (Lipinski definition) is 2. The second-order valence-electron chi connectivity index (χ2n) is 4.85. The molecule has 2 rings (SSSR count). The first-order valence-electron chi connectivity index (χ1n) is 6.52. The summed E-state index contributed by atoms with van der Waals surface area (Å²) in [6.45, 7) is 3.90. The number of amides is 2. The molecule has 2 fully saturated rings. The van der Waals surface area contributed by atoms with E-state index in [1.165, 1.54) is 6.42 Å². The molecule has 0 spiro atoms. The lowest BCUT2D eigenvalue weighted by atomic mass is 10.1. The molecule has 2 aliphatic heterocycles. The van der Waals surface area contributed by atoms with Gasteiger partial charge in [-0.05, 0) is 26.3 Å². The monoisotopic (exact) mass is 239 g/mol. The molecule has 2 heterocycles. The summed E-state index contributed by atoms with van der Waals surface area (Å²) in [5.74, 6) is 0.0486. The van der Waals surface area contributed by atoms with Crippen LogP contribution in [0.4, 0.5) is 0 Å². The summed E-state index contributed by atoms with van der Waals surface area (Å²) < 4.78 is 0. The first kappa shape index (κ1) is 12.4. The second-order valence-corrected chi connectivity index (χ2v) is 4.85. The molecule has 2 unspecified atom stereocenters. The maximum atomic E-state index is 12.3. The van der Waals surface area contributed by atoms with Gasteiger partial charge in [0.25, 0.3) is 0 Å². The zero-order valence-corrected chi connectivity index (χ0v) is 10.4. The van der Waals surface area contributed by atoms with Crippen molar-refractivity contribution in [1.82, 2.24) is 15.5 Å². The van der Waals surface area contributed by atoms with Gasteiger partial charge in [-0.3, -0.25) is 9.59 Å². The number of rotatable bonds is 1. The first-order chi connectivity index (χ1) is 8.20. The molecule has 0 aliphatic carbocycles. The van der Waals surface area contributed by atoms with Crippen LogP contribution in [0.2, 0.25) is 0 Å². The molecule has 0 aromatic rings. The average Bonchev–Trinajstić information content (AvgIpc) is 2.60. The molecule has 2 amide bonds. The van der Waals surface area contributed by atoms with Crippen LogP contribution in [0, 0.1) is 0 Å². The van der Waals surface area contributed by atoms with Crippen LogP contribution >= 0.6 is 0 Å². The number of nitrogens with zero attached hydrogens (tertiary/aromatic N) is 1. The van der Waals surface area contributed by atoms with Crippen LogP contribution in [0.25, 0.3) is 0 Å². The van der Waals surface area contributed by atoms with E-state index >= 15 is 0 Å². The van der Waals surface area contributed by atoms with Crippen LogP contribution in [0.1, 0.15) is 32.6 Å². The van der Waals surface area contributed by atoms with Gasteiger partial charge in [0.05, 0.1) is 6.04 Å². The molecule has 0 saturated carbocycles. The topological polar surface area (TPSA) is 61.4 Å². The lowest BCUT2D eigenvalue weighted by Gasteiger charge is -2.35. The third-order valence-electron chi connectivity index (χ3n) is 3.64. The number of hydrogen-bond acceptors (Lipinski definition) is 3. The van der Waals surface area contributed by atoms with E-state index in [1.54, 1.807) is 11.8 Å². The Hall–Kier alpha value is -1.10. The van der Waals surface area contributed by atoms with Crippen molar-refractivity contribution in [3.05, 3.63) is 0 Å². The summed E-state index contributed by atoms with van der Waals surface area (Å²) in [5.41, 5.74) is 0. The first-order valence-corrected chi connectivity index (χ1v) is 6.52. The molecule has 0 aromatic heterocycles. The van der Waals surface area contributed by atoms with Crippen molar-refractivity contribution < 1.29 is 9.59 Å². The van der Waals surface area contributed by atoms with Crippen LogP contribution in [-0.2, 0) is 9.59 Å². The van der Waals surface area contributed by atoms with Gasteiger partial charge < -0.3 is 15.5 Å². The van der Waals surface area contributed by atoms with Crippen molar-refractivity contribution in [3.63, 3.8) is 0 Å². The van der Waals surface area contributed by atoms with Crippen LogP contribution in [0.3, 0.4) is 0 Å². The quantitative estimate of drug-likeness (QED) is 0.670. The third-order valence-corrected chi connectivity index (χ3v) is 3.64. The van der Waals surface area contributed by atoms with Crippen molar-refractivity contribution in [3.8, 4) is 0 Å². The molecule has 96 valence electrons. The highest BCUT2D eigenvalue weighted by Gasteiger charge is 2.33. The van der Waals surface area contributed by atoms with Crippen molar-refractivity contribution >= 4 is 11.8 Å². The van der Waals surface area contributed by atoms with E-state index in [0.29, 0.717) is 13.1 Å². The Morgan fingerprint density at radius 3 is 2.94 bits per heavy atom. The minimum Gasteiger partial charge on any atom is -0.353 e. The normalized spacial score (nSPS) is 30.6. The van der Waals surface area contributed by atoms with E-state index in [-0.39, 0.29) is 23.9 Å². The van der Waals surface area contributed by atoms with Gasteiger partial charge in [-0.15, -0.1) is 0 Å². The summed E-state index contributed by atoms with van der Waals surface area (Å²) in [4.78, 5) is 25.6. The predicted octanol–water partition coefficient (Wildman–Crippen LogP) is -0.134. The molecule has 5 nitrogen and oxygen atoms in total. The van der Waals surface area contributed by atoms with Crippen molar-refractivity contribution in [2.75, 3.05) is 19.6 Å². The Morgan fingerprint density at radius 2 is 2.12 bits per heavy atom. The minimum atomic E-state index is -0.332. The van der Waals surface area contributed by atoms with Crippen LogP contribution in [-0.4, -0.2) is 48.4 Å². The Morgan fingerprint density at radius 1 is 1.29 bits per heavy atom. The van der Waals surface area contributed by atoms with Gasteiger partial charge in [-0.2, -0.15) is 0 Å². The van der Waals surface area contributed by atoms with Gasteiger partial charge in [0.1, 0.15) is 6.04 Å². The maximum absolute atomic E-state index is 12.3. The fourth-order valence-corrected chi connectivity index (χ4v) is 2.52. The standard InChI is InChI=1S/C12H21N3O2/c1-9-11(16)14-7-8-15(9)12(17)10-5-3-2-4-6-13-10/h9-10,13H,2-8H2,1H3,(H,14,16). The smallest absolute Gasteiger partial charge is 0.242 e. The van der Waals surface area contributed by atoms with Gasteiger partial charge in [-0.1, -0.05) is 12.8 Å². The highest BCUT2D eigenvalue weighted by molar-refractivity contribution is 5.90. The zero-order chi connectivity index (χ0) is 12.3. The zero-order valence-electron chi connectivity index (χ0n) is 10.4. The summed E-state index contributed by atoms with van der Waals surface area (Å²) in [5, 5.41) is 6.07. The lowest BCUT2D eigenvalue weighted by Crippen LogP contribution is -2.59. The summed E-state index contributed by atoms with van der Waals surface area (Å²) in [7, 11) is 0. The molecule has 17 heavy (non-hydrogen) atoms. The van der Waals surface area contributed by atoms with E-state index in [0.717, 1.165) is 25.8 Å². The van der Waals surface area contributed by atoms with E-state index < -0.39 is 0 Å². The van der Waals surface area contributed by atoms with E-state index in [2.05, 4.69) is 10.6 Å². The fourth-order valence-electron chi connectivity index (χ4n) is 2.52. The molecule has 2 N–H and O–H groups in total. The number of piperazine rings is 1. The number of nitrogens with one attached hydrogen (secondary N) is 2. The van der Waals surface area contributed by atoms with E-state index in [4.69, 9.17) is 0 Å². The van der Waals surface area contributed by atoms with Gasteiger partial charge >= 0.3 is 0 Å². The molecule has 0 bridgehead atoms. The van der Waals surface area contributed by atoms with E-state index in [9.17, 15) is 9.59 Å². The predicted molar refractivity (Wildman–Crippen MR) is 64.4 cm³/mol. The van der Waals surface area contributed by atoms with Crippen molar-refractivity contribution in [2.45, 2.75) is 44.7 Å². The van der Waals surface area contributed by atoms with Crippen molar-refractivity contribution in [2.24, 2.45) is 0 Å². The molecule has 0 radical (unpaired) electrons. The maximum Gasteiger partial charge on any atom is 0.242 e. The summed E-state index contributed by atoms with van der Waals surface area (Å²) >= 11 is 0. The van der Waals surface area contributed by atoms with Gasteiger partial charge in [-0.25, -0.2) is 0 Å². The highest BCUT2D eigenvalue weighted by Crippen LogP contribution is 2.13. The molecule has 0 aromatic carbocycles. The largest absolute Gasteiger partial charge is 0.353 e. The molecule has 2 aliphatic rings. The van der Waals surface area contributed by atoms with Gasteiger partial charge in [0, 0.05) is 13.1 Å². The van der Waals surface area contributed by atoms with E-state index in [1.807, 2.05) is 0 Å². The lowest BCUT2D eigenvalue weighted by molar-refractivity contribution is -0.144. The SMILES string of the molecule is CC1C(=O)NCCN1C(=O)C1CCCCCN1. The fraction of sp³-hybridized carbons (Fsp3) is 0.833. The number of carbonyl (C=O) groups excluding carboxylic acids is 2. The minimum absolute atomic E-state index is 0.0433. The Balaban J connectivity index is 1.99. The Bertz CT molecular complexity index is 298. The molecule has 2 saturated heterocycles. The van der Waals surface area contributed by atoms with Crippen LogP contribution in [0.5, 0.6) is 0 Å². The van der Waals surface area contributed by atoms with Crippen molar-refractivity contribution in [1.29, 1.82) is 0 Å². The molecule has 2 atom stereocenters. The molecular weight excluding hydrogens is 218 g/mol. The summed E-state index contributed by atoms with van der Waals surface area (Å²) in [6, 6.07) is -0.424. The molecular formula is C12H21N3O2. The third kappa shape index (κ3) is 2.77.